The van der Waals surface area contributed by atoms with Gasteiger partial charge in [0.25, 0.3) is 0 Å². The van der Waals surface area contributed by atoms with Crippen molar-refractivity contribution in [3.05, 3.63) is 0 Å². The molecular formula is C57H110O17P2. The molecule has 76 heavy (non-hydrogen) atoms. The Bertz CT molecular complexity index is 1530. The first-order chi connectivity index (χ1) is 36.3. The van der Waals surface area contributed by atoms with Gasteiger partial charge in [-0.3, -0.25) is 37.3 Å². The average Bonchev–Trinajstić information content (AvgIpc) is 3.37. The summed E-state index contributed by atoms with van der Waals surface area (Å²) in [6.07, 6.45) is 27.0. The minimum absolute atomic E-state index is 0.101. The van der Waals surface area contributed by atoms with E-state index in [-0.39, 0.29) is 25.7 Å². The number of unbranched alkanes of at least 4 members (excludes halogenated alkanes) is 22. The van der Waals surface area contributed by atoms with Crippen molar-refractivity contribution in [3.63, 3.8) is 0 Å². The number of carbonyl (C=O) groups excluding carboxylic acids is 4. The van der Waals surface area contributed by atoms with Crippen molar-refractivity contribution in [1.29, 1.82) is 0 Å². The zero-order valence-electron chi connectivity index (χ0n) is 48.7. The van der Waals surface area contributed by atoms with Gasteiger partial charge < -0.3 is 33.8 Å². The van der Waals surface area contributed by atoms with E-state index in [1.165, 1.54) is 57.8 Å². The van der Waals surface area contributed by atoms with Gasteiger partial charge >= 0.3 is 39.5 Å². The predicted octanol–water partition coefficient (Wildman–Crippen LogP) is 14.8. The van der Waals surface area contributed by atoms with E-state index in [4.69, 9.17) is 37.0 Å². The number of hydrogen-bond acceptors (Lipinski definition) is 15. The van der Waals surface area contributed by atoms with Gasteiger partial charge in [-0.15, -0.1) is 0 Å². The van der Waals surface area contributed by atoms with Crippen LogP contribution in [-0.2, 0) is 65.4 Å². The summed E-state index contributed by atoms with van der Waals surface area (Å²) in [4.78, 5) is 71.7. The Balaban J connectivity index is 5.23. The molecule has 0 saturated heterocycles. The SMILES string of the molecule is CCCCCCCCCC(=O)OC[C@H](COP(=O)(O)OC[C@H](O)COP(=O)(O)OC[C@@H](COC(=O)CCCCCCCCC(C)CC)OC(=O)CCCCCCCCCC(C)C)OC(=O)CCCCCCCCC(C)C. The van der Waals surface area contributed by atoms with E-state index in [0.717, 1.165) is 115 Å². The normalized spacial score (nSPS) is 14.9. The summed E-state index contributed by atoms with van der Waals surface area (Å²) >= 11 is 0. The Labute approximate surface area is 460 Å². The van der Waals surface area contributed by atoms with Crippen LogP contribution in [0.25, 0.3) is 0 Å². The number of rotatable bonds is 55. The van der Waals surface area contributed by atoms with E-state index in [0.29, 0.717) is 37.5 Å². The first-order valence-electron chi connectivity index (χ1n) is 29.9. The molecule has 0 spiro atoms. The average molecular weight is 1130 g/mol. The third-order valence-corrected chi connectivity index (χ3v) is 15.1. The van der Waals surface area contributed by atoms with E-state index >= 15 is 0 Å². The number of ether oxygens (including phenoxy) is 4. The molecule has 0 aliphatic rings. The molecule has 0 fully saturated rings. The molecule has 17 nitrogen and oxygen atoms in total. The Kier molecular flexibility index (Phi) is 47.7. The van der Waals surface area contributed by atoms with Crippen molar-refractivity contribution >= 4 is 39.5 Å². The summed E-state index contributed by atoms with van der Waals surface area (Å²) in [6, 6.07) is 0. The predicted molar refractivity (Wildman–Crippen MR) is 298 cm³/mol. The molecule has 0 aromatic rings. The van der Waals surface area contributed by atoms with Gasteiger partial charge in [0, 0.05) is 25.7 Å². The summed E-state index contributed by atoms with van der Waals surface area (Å²) in [5.41, 5.74) is 0. The van der Waals surface area contributed by atoms with E-state index < -0.39 is 97.5 Å². The number of phosphoric ester groups is 2. The number of aliphatic hydroxyl groups excluding tert-OH is 1. The fourth-order valence-corrected chi connectivity index (χ4v) is 9.79. The highest BCUT2D eigenvalue weighted by Gasteiger charge is 2.30. The quantitative estimate of drug-likeness (QED) is 0.0222. The van der Waals surface area contributed by atoms with Crippen LogP contribution < -0.4 is 0 Å². The van der Waals surface area contributed by atoms with Crippen LogP contribution in [0.2, 0.25) is 0 Å². The molecule has 0 radical (unpaired) electrons. The number of carbonyl (C=O) groups is 4. The summed E-state index contributed by atoms with van der Waals surface area (Å²) in [5, 5.41) is 10.5. The molecule has 0 bridgehead atoms. The smallest absolute Gasteiger partial charge is 0.462 e. The van der Waals surface area contributed by atoms with Crippen LogP contribution in [0, 0.1) is 17.8 Å². The van der Waals surface area contributed by atoms with Gasteiger partial charge in [-0.05, 0) is 43.4 Å². The molecule has 0 aromatic heterocycles. The van der Waals surface area contributed by atoms with Gasteiger partial charge in [-0.1, -0.05) is 215 Å². The molecule has 0 amide bonds. The van der Waals surface area contributed by atoms with E-state index in [9.17, 15) is 43.2 Å². The standard InChI is InChI=1S/C57H110O17P2/c1-8-10-11-12-14-24-31-38-54(59)67-44-53(74-57(62)41-34-27-19-17-22-29-36-49(5)6)47-72-76(65,66)70-43-51(58)42-69-75(63,64)71-46-52(73-56(61)40-33-26-16-13-15-21-28-35-48(3)4)45-68-55(60)39-32-25-20-18-23-30-37-50(7)9-2/h48-53,58H,8-47H2,1-7H3,(H,63,64)(H,65,66)/t50?,51-,52-,53-/m1/s1. The van der Waals surface area contributed by atoms with Crippen LogP contribution in [-0.4, -0.2) is 96.7 Å². The fraction of sp³-hybridized carbons (Fsp3) is 0.930. The lowest BCUT2D eigenvalue weighted by molar-refractivity contribution is -0.161. The number of hydrogen-bond donors (Lipinski definition) is 3. The highest BCUT2D eigenvalue weighted by atomic mass is 31.2. The van der Waals surface area contributed by atoms with Gasteiger partial charge in [0.05, 0.1) is 26.4 Å². The maximum atomic E-state index is 12.9. The van der Waals surface area contributed by atoms with Gasteiger partial charge in [0.15, 0.2) is 12.2 Å². The van der Waals surface area contributed by atoms with Crippen LogP contribution in [0.5, 0.6) is 0 Å². The molecule has 0 heterocycles. The maximum Gasteiger partial charge on any atom is 0.472 e. The third kappa shape index (κ3) is 50.3. The lowest BCUT2D eigenvalue weighted by Crippen LogP contribution is -2.30. The fourth-order valence-electron chi connectivity index (χ4n) is 8.21. The second-order valence-electron chi connectivity index (χ2n) is 21.9. The molecule has 0 saturated carbocycles. The second-order valence-corrected chi connectivity index (χ2v) is 24.8. The molecule has 0 aliphatic heterocycles. The Hall–Kier alpha value is -1.94. The van der Waals surface area contributed by atoms with Crippen LogP contribution in [0.3, 0.4) is 0 Å². The summed E-state index contributed by atoms with van der Waals surface area (Å²) in [6.45, 7) is 11.5. The lowest BCUT2D eigenvalue weighted by Gasteiger charge is -2.21. The van der Waals surface area contributed by atoms with Crippen LogP contribution in [0.1, 0.15) is 267 Å². The molecule has 19 heteroatoms. The molecule has 0 aliphatic carbocycles. The van der Waals surface area contributed by atoms with Crippen molar-refractivity contribution in [3.8, 4) is 0 Å². The number of phosphoric acid groups is 2. The van der Waals surface area contributed by atoms with Crippen LogP contribution >= 0.6 is 15.6 Å². The second kappa shape index (κ2) is 48.9. The van der Waals surface area contributed by atoms with Crippen molar-refractivity contribution in [2.24, 2.45) is 17.8 Å². The van der Waals surface area contributed by atoms with E-state index in [1.54, 1.807) is 0 Å². The summed E-state index contributed by atoms with van der Waals surface area (Å²) < 4.78 is 67.5. The monoisotopic (exact) mass is 1130 g/mol. The molecule has 3 N–H and O–H groups in total. The number of esters is 4. The first kappa shape index (κ1) is 74.1. The molecule has 0 rings (SSSR count). The Morgan fingerprint density at radius 2 is 0.671 bits per heavy atom. The van der Waals surface area contributed by atoms with Gasteiger partial charge in [0.1, 0.15) is 19.3 Å². The minimum Gasteiger partial charge on any atom is -0.462 e. The third-order valence-electron chi connectivity index (χ3n) is 13.2. The minimum atomic E-state index is -4.94. The lowest BCUT2D eigenvalue weighted by atomic mass is 10.00. The topological polar surface area (TPSA) is 237 Å². The molecule has 3 unspecified atom stereocenters. The van der Waals surface area contributed by atoms with Gasteiger partial charge in [-0.2, -0.15) is 0 Å². The van der Waals surface area contributed by atoms with E-state index in [1.807, 2.05) is 0 Å². The Morgan fingerprint density at radius 3 is 1.00 bits per heavy atom. The van der Waals surface area contributed by atoms with Crippen molar-refractivity contribution in [2.45, 2.75) is 285 Å². The zero-order chi connectivity index (χ0) is 56.7. The largest absolute Gasteiger partial charge is 0.472 e. The van der Waals surface area contributed by atoms with Crippen LogP contribution in [0.15, 0.2) is 0 Å². The maximum absolute atomic E-state index is 12.9. The van der Waals surface area contributed by atoms with Gasteiger partial charge in [0.2, 0.25) is 0 Å². The highest BCUT2D eigenvalue weighted by molar-refractivity contribution is 7.47. The zero-order valence-corrected chi connectivity index (χ0v) is 50.5. The molecular weight excluding hydrogens is 1020 g/mol. The summed E-state index contributed by atoms with van der Waals surface area (Å²) in [5.74, 6) is -0.0607. The first-order valence-corrected chi connectivity index (χ1v) is 32.9. The van der Waals surface area contributed by atoms with Crippen LogP contribution in [0.4, 0.5) is 0 Å². The van der Waals surface area contributed by atoms with Crippen molar-refractivity contribution in [2.75, 3.05) is 39.6 Å². The van der Waals surface area contributed by atoms with Crippen molar-refractivity contribution in [1.82, 2.24) is 0 Å². The van der Waals surface area contributed by atoms with E-state index in [2.05, 4.69) is 48.5 Å². The Morgan fingerprint density at radius 1 is 0.382 bits per heavy atom. The number of aliphatic hydroxyl groups is 1. The van der Waals surface area contributed by atoms with Crippen molar-refractivity contribution < 1.29 is 80.2 Å². The van der Waals surface area contributed by atoms with Gasteiger partial charge in [-0.25, -0.2) is 9.13 Å². The molecule has 0 aromatic carbocycles. The molecule has 6 atom stereocenters. The highest BCUT2D eigenvalue weighted by Crippen LogP contribution is 2.45. The molecule has 450 valence electrons. The summed E-state index contributed by atoms with van der Waals surface area (Å²) in [7, 11) is -9.87.